The topological polar surface area (TPSA) is 62.3 Å². The van der Waals surface area contributed by atoms with Gasteiger partial charge in [0.25, 0.3) is 5.91 Å². The highest BCUT2D eigenvalue weighted by Gasteiger charge is 2.32. The van der Waals surface area contributed by atoms with Gasteiger partial charge in [-0.05, 0) is 36.1 Å². The van der Waals surface area contributed by atoms with Gasteiger partial charge in [-0.25, -0.2) is 0 Å². The summed E-state index contributed by atoms with van der Waals surface area (Å²) in [6, 6.07) is 10.7. The summed E-state index contributed by atoms with van der Waals surface area (Å²) in [7, 11) is 0. The molecule has 0 saturated carbocycles. The van der Waals surface area contributed by atoms with E-state index in [0.717, 1.165) is 12.1 Å². The second kappa shape index (κ2) is 6.83. The molecule has 0 unspecified atom stereocenters. The van der Waals surface area contributed by atoms with Crippen molar-refractivity contribution >= 4 is 17.5 Å². The van der Waals surface area contributed by atoms with Crippen molar-refractivity contribution in [1.82, 2.24) is 10.3 Å². The Bertz CT molecular complexity index is 743. The third-order valence-electron chi connectivity index (χ3n) is 4.30. The molecule has 1 aliphatic rings. The average molecular weight is 323 g/mol. The van der Waals surface area contributed by atoms with Crippen LogP contribution in [-0.2, 0) is 11.2 Å². The molecule has 124 valence electrons. The number of para-hydroxylation sites is 1. The Morgan fingerprint density at radius 3 is 2.67 bits per heavy atom. The van der Waals surface area contributed by atoms with Crippen LogP contribution in [0.2, 0.25) is 0 Å². The van der Waals surface area contributed by atoms with E-state index in [9.17, 15) is 9.59 Å². The second-order valence-corrected chi connectivity index (χ2v) is 6.31. The normalized spacial score (nSPS) is 14.4. The SMILES string of the molecule is CC(C)[C@H](NC(=O)c1cccnc1)C(=O)N1CCc2ccccc21. The minimum Gasteiger partial charge on any atom is -0.340 e. The van der Waals surface area contributed by atoms with Crippen molar-refractivity contribution < 1.29 is 9.59 Å². The number of hydrogen-bond acceptors (Lipinski definition) is 3. The minimum atomic E-state index is -0.566. The maximum Gasteiger partial charge on any atom is 0.253 e. The molecule has 0 saturated heterocycles. The molecule has 5 nitrogen and oxygen atoms in total. The first-order chi connectivity index (χ1) is 11.6. The molecule has 24 heavy (non-hydrogen) atoms. The van der Waals surface area contributed by atoms with Crippen LogP contribution in [0.1, 0.15) is 29.8 Å². The third kappa shape index (κ3) is 3.15. The Morgan fingerprint density at radius 2 is 1.96 bits per heavy atom. The van der Waals surface area contributed by atoms with Gasteiger partial charge in [-0.1, -0.05) is 32.0 Å². The number of nitrogens with zero attached hydrogens (tertiary/aromatic N) is 2. The molecule has 0 radical (unpaired) electrons. The molecule has 1 N–H and O–H groups in total. The lowest BCUT2D eigenvalue weighted by Gasteiger charge is -2.27. The minimum absolute atomic E-state index is 0.00844. The monoisotopic (exact) mass is 323 g/mol. The van der Waals surface area contributed by atoms with Gasteiger partial charge in [0.1, 0.15) is 6.04 Å². The number of carbonyl (C=O) groups excluding carboxylic acids is 2. The van der Waals surface area contributed by atoms with Gasteiger partial charge < -0.3 is 10.2 Å². The van der Waals surface area contributed by atoms with Crippen LogP contribution in [0.4, 0.5) is 5.69 Å². The number of aromatic nitrogens is 1. The molecule has 3 rings (SSSR count). The van der Waals surface area contributed by atoms with E-state index in [1.807, 2.05) is 38.1 Å². The highest BCUT2D eigenvalue weighted by atomic mass is 16.2. The number of nitrogens with one attached hydrogen (secondary N) is 1. The van der Waals surface area contributed by atoms with E-state index in [1.54, 1.807) is 23.2 Å². The fraction of sp³-hybridized carbons (Fsp3) is 0.316. The summed E-state index contributed by atoms with van der Waals surface area (Å²) in [6.07, 6.45) is 3.97. The van der Waals surface area contributed by atoms with E-state index in [-0.39, 0.29) is 17.7 Å². The van der Waals surface area contributed by atoms with Crippen molar-refractivity contribution in [2.75, 3.05) is 11.4 Å². The van der Waals surface area contributed by atoms with Gasteiger partial charge in [-0.2, -0.15) is 0 Å². The van der Waals surface area contributed by atoms with E-state index < -0.39 is 6.04 Å². The highest BCUT2D eigenvalue weighted by molar-refractivity contribution is 6.03. The molecule has 1 atom stereocenters. The fourth-order valence-corrected chi connectivity index (χ4v) is 2.97. The van der Waals surface area contributed by atoms with Crippen LogP contribution in [0.15, 0.2) is 48.8 Å². The first-order valence-electron chi connectivity index (χ1n) is 8.18. The van der Waals surface area contributed by atoms with Gasteiger partial charge in [0.05, 0.1) is 5.56 Å². The number of fused-ring (bicyclic) bond motifs is 1. The van der Waals surface area contributed by atoms with Crippen molar-refractivity contribution in [1.29, 1.82) is 0 Å². The Labute approximate surface area is 141 Å². The smallest absolute Gasteiger partial charge is 0.253 e. The summed E-state index contributed by atoms with van der Waals surface area (Å²) in [4.78, 5) is 31.1. The Balaban J connectivity index is 1.79. The van der Waals surface area contributed by atoms with Gasteiger partial charge in [-0.15, -0.1) is 0 Å². The maximum atomic E-state index is 13.0. The Morgan fingerprint density at radius 1 is 1.17 bits per heavy atom. The molecule has 0 fully saturated rings. The van der Waals surface area contributed by atoms with E-state index >= 15 is 0 Å². The molecular weight excluding hydrogens is 302 g/mol. The van der Waals surface area contributed by atoms with Crippen molar-refractivity contribution in [3.63, 3.8) is 0 Å². The van der Waals surface area contributed by atoms with Crippen LogP contribution in [0.5, 0.6) is 0 Å². The molecule has 1 aromatic heterocycles. The first-order valence-corrected chi connectivity index (χ1v) is 8.18. The first kappa shape index (κ1) is 16.2. The molecule has 1 aromatic carbocycles. The summed E-state index contributed by atoms with van der Waals surface area (Å²) in [6.45, 7) is 4.53. The summed E-state index contributed by atoms with van der Waals surface area (Å²) < 4.78 is 0. The van der Waals surface area contributed by atoms with Crippen LogP contribution in [0, 0.1) is 5.92 Å². The zero-order valence-corrected chi connectivity index (χ0v) is 13.9. The molecule has 0 bridgehead atoms. The summed E-state index contributed by atoms with van der Waals surface area (Å²) >= 11 is 0. The van der Waals surface area contributed by atoms with E-state index in [4.69, 9.17) is 0 Å². The molecule has 2 aromatic rings. The molecule has 5 heteroatoms. The zero-order chi connectivity index (χ0) is 17.1. The van der Waals surface area contributed by atoms with Gasteiger partial charge in [0.15, 0.2) is 0 Å². The molecule has 0 aliphatic carbocycles. The van der Waals surface area contributed by atoms with Crippen molar-refractivity contribution in [2.45, 2.75) is 26.3 Å². The van der Waals surface area contributed by atoms with E-state index in [2.05, 4.69) is 10.3 Å². The van der Waals surface area contributed by atoms with Crippen LogP contribution in [0.25, 0.3) is 0 Å². The highest BCUT2D eigenvalue weighted by Crippen LogP contribution is 2.28. The van der Waals surface area contributed by atoms with Gasteiger partial charge in [-0.3, -0.25) is 14.6 Å². The quantitative estimate of drug-likeness (QED) is 0.940. The van der Waals surface area contributed by atoms with E-state index in [1.165, 1.54) is 11.8 Å². The summed E-state index contributed by atoms with van der Waals surface area (Å²) in [5.74, 6) is -0.347. The number of anilines is 1. The Hall–Kier alpha value is -2.69. The van der Waals surface area contributed by atoms with Crippen LogP contribution < -0.4 is 10.2 Å². The Kier molecular flexibility index (Phi) is 4.60. The fourth-order valence-electron chi connectivity index (χ4n) is 2.97. The summed E-state index contributed by atoms with van der Waals surface area (Å²) in [5, 5.41) is 2.87. The number of carbonyl (C=O) groups is 2. The van der Waals surface area contributed by atoms with Crippen molar-refractivity contribution in [3.05, 3.63) is 59.9 Å². The summed E-state index contributed by atoms with van der Waals surface area (Å²) in [5.41, 5.74) is 2.58. The number of rotatable bonds is 4. The van der Waals surface area contributed by atoms with Gasteiger partial charge >= 0.3 is 0 Å². The molecule has 1 aliphatic heterocycles. The number of hydrogen-bond donors (Lipinski definition) is 1. The van der Waals surface area contributed by atoms with Crippen LogP contribution >= 0.6 is 0 Å². The average Bonchev–Trinajstić information content (AvgIpc) is 3.03. The van der Waals surface area contributed by atoms with Gasteiger partial charge in [0.2, 0.25) is 5.91 Å². The van der Waals surface area contributed by atoms with Gasteiger partial charge in [0, 0.05) is 24.6 Å². The standard InChI is InChI=1S/C19H21N3O2/c1-13(2)17(21-18(23)15-7-5-10-20-12-15)19(24)22-11-9-14-6-3-4-8-16(14)22/h3-8,10,12-13,17H,9,11H2,1-2H3,(H,21,23)/t17-/m0/s1. The van der Waals surface area contributed by atoms with Crippen LogP contribution in [0.3, 0.4) is 0 Å². The lowest BCUT2D eigenvalue weighted by Crippen LogP contribution is -2.51. The number of amides is 2. The molecular formula is C19H21N3O2. The number of benzene rings is 1. The van der Waals surface area contributed by atoms with E-state index in [0.29, 0.717) is 12.1 Å². The van der Waals surface area contributed by atoms with Crippen LogP contribution in [-0.4, -0.2) is 29.4 Å². The maximum absolute atomic E-state index is 13.0. The largest absolute Gasteiger partial charge is 0.340 e. The molecule has 2 heterocycles. The predicted octanol–water partition coefficient (Wildman–Crippen LogP) is 2.43. The lowest BCUT2D eigenvalue weighted by atomic mass is 10.0. The second-order valence-electron chi connectivity index (χ2n) is 6.31. The molecule has 0 spiro atoms. The molecule has 2 amide bonds. The lowest BCUT2D eigenvalue weighted by molar-refractivity contribution is -0.121. The van der Waals surface area contributed by atoms with Crippen molar-refractivity contribution in [2.24, 2.45) is 5.92 Å². The zero-order valence-electron chi connectivity index (χ0n) is 13.9. The third-order valence-corrected chi connectivity index (χ3v) is 4.30. The number of pyridine rings is 1. The predicted molar refractivity (Wildman–Crippen MR) is 92.8 cm³/mol. The van der Waals surface area contributed by atoms with Crippen molar-refractivity contribution in [3.8, 4) is 0 Å².